The molecule has 0 fully saturated rings. The molecule has 1 aromatic rings. The van der Waals surface area contributed by atoms with Crippen molar-refractivity contribution in [3.63, 3.8) is 0 Å². The molecule has 0 unspecified atom stereocenters. The SMILES string of the molecule is CC(=O)c1ccc(Cl)c(C#N)c1Br. The van der Waals surface area contributed by atoms with Crippen LogP contribution in [0.3, 0.4) is 0 Å². The van der Waals surface area contributed by atoms with Gasteiger partial charge in [0.2, 0.25) is 0 Å². The lowest BCUT2D eigenvalue weighted by atomic mass is 10.1. The second-order valence-corrected chi connectivity index (χ2v) is 3.65. The van der Waals surface area contributed by atoms with Crippen LogP contribution in [0, 0.1) is 11.3 Å². The van der Waals surface area contributed by atoms with Crippen molar-refractivity contribution in [2.24, 2.45) is 0 Å². The summed E-state index contributed by atoms with van der Waals surface area (Å²) >= 11 is 8.91. The van der Waals surface area contributed by atoms with Crippen LogP contribution in [0.5, 0.6) is 0 Å². The zero-order chi connectivity index (χ0) is 10.0. The third kappa shape index (κ3) is 1.90. The summed E-state index contributed by atoms with van der Waals surface area (Å²) in [6.07, 6.45) is 0. The van der Waals surface area contributed by atoms with Gasteiger partial charge in [0, 0.05) is 10.0 Å². The van der Waals surface area contributed by atoms with Gasteiger partial charge in [-0.2, -0.15) is 5.26 Å². The molecular formula is C9H5BrClNO. The predicted molar refractivity (Wildman–Crippen MR) is 53.9 cm³/mol. The van der Waals surface area contributed by atoms with E-state index in [2.05, 4.69) is 15.9 Å². The van der Waals surface area contributed by atoms with E-state index in [1.807, 2.05) is 6.07 Å². The van der Waals surface area contributed by atoms with Crippen LogP contribution in [-0.2, 0) is 0 Å². The summed E-state index contributed by atoms with van der Waals surface area (Å²) in [5.41, 5.74) is 0.773. The minimum absolute atomic E-state index is 0.0972. The van der Waals surface area contributed by atoms with Crippen LogP contribution in [0.15, 0.2) is 16.6 Å². The number of nitrogens with zero attached hydrogens (tertiary/aromatic N) is 1. The molecule has 13 heavy (non-hydrogen) atoms. The highest BCUT2D eigenvalue weighted by Gasteiger charge is 2.12. The molecule has 0 amide bonds. The van der Waals surface area contributed by atoms with Crippen molar-refractivity contribution in [2.45, 2.75) is 6.92 Å². The van der Waals surface area contributed by atoms with Crippen molar-refractivity contribution in [1.82, 2.24) is 0 Å². The maximum atomic E-state index is 11.1. The van der Waals surface area contributed by atoms with Gasteiger partial charge in [-0.15, -0.1) is 0 Å². The van der Waals surface area contributed by atoms with Crippen molar-refractivity contribution in [2.75, 3.05) is 0 Å². The topological polar surface area (TPSA) is 40.9 Å². The third-order valence-electron chi connectivity index (χ3n) is 1.58. The number of carbonyl (C=O) groups excluding carboxylic acids is 1. The lowest BCUT2D eigenvalue weighted by Gasteiger charge is -2.02. The zero-order valence-corrected chi connectivity index (χ0v) is 9.11. The standard InChI is InChI=1S/C9H5BrClNO/c1-5(13)6-2-3-8(11)7(4-12)9(6)10/h2-3H,1H3. The van der Waals surface area contributed by atoms with Crippen molar-refractivity contribution >= 4 is 33.3 Å². The molecule has 0 aliphatic rings. The van der Waals surface area contributed by atoms with E-state index in [0.29, 0.717) is 20.6 Å². The molecule has 0 saturated heterocycles. The van der Waals surface area contributed by atoms with Gasteiger partial charge in [-0.1, -0.05) is 11.6 Å². The molecule has 0 radical (unpaired) electrons. The lowest BCUT2D eigenvalue weighted by Crippen LogP contribution is -1.95. The van der Waals surface area contributed by atoms with E-state index in [0.717, 1.165) is 0 Å². The molecule has 0 aliphatic carbocycles. The Hall–Kier alpha value is -0.850. The molecule has 2 nitrogen and oxygen atoms in total. The van der Waals surface area contributed by atoms with Crippen LogP contribution in [0.4, 0.5) is 0 Å². The van der Waals surface area contributed by atoms with Gasteiger partial charge in [0.05, 0.1) is 10.6 Å². The molecule has 66 valence electrons. The first-order valence-corrected chi connectivity index (χ1v) is 4.64. The highest BCUT2D eigenvalue weighted by Crippen LogP contribution is 2.27. The van der Waals surface area contributed by atoms with Gasteiger partial charge in [0.1, 0.15) is 6.07 Å². The number of benzene rings is 1. The second-order valence-electron chi connectivity index (χ2n) is 2.45. The van der Waals surface area contributed by atoms with Crippen molar-refractivity contribution < 1.29 is 4.79 Å². The Labute approximate surface area is 89.3 Å². The molecule has 0 bridgehead atoms. The molecule has 0 aliphatic heterocycles. The van der Waals surface area contributed by atoms with Crippen molar-refractivity contribution in [3.05, 3.63) is 32.8 Å². The fourth-order valence-electron chi connectivity index (χ4n) is 0.927. The summed E-state index contributed by atoms with van der Waals surface area (Å²) in [4.78, 5) is 11.1. The number of rotatable bonds is 1. The summed E-state index contributed by atoms with van der Waals surface area (Å²) in [6, 6.07) is 5.06. The Morgan fingerprint density at radius 1 is 1.62 bits per heavy atom. The molecule has 0 saturated carbocycles. The van der Waals surface area contributed by atoms with E-state index in [1.165, 1.54) is 6.92 Å². The van der Waals surface area contributed by atoms with Crippen LogP contribution < -0.4 is 0 Å². The van der Waals surface area contributed by atoms with E-state index >= 15 is 0 Å². The maximum Gasteiger partial charge on any atom is 0.160 e. The maximum absolute atomic E-state index is 11.1. The normalized spacial score (nSPS) is 9.38. The fourth-order valence-corrected chi connectivity index (χ4v) is 1.95. The van der Waals surface area contributed by atoms with Gasteiger partial charge in [-0.3, -0.25) is 4.79 Å². The Kier molecular flexibility index (Phi) is 3.07. The van der Waals surface area contributed by atoms with Gasteiger partial charge >= 0.3 is 0 Å². The molecule has 1 rings (SSSR count). The van der Waals surface area contributed by atoms with Gasteiger partial charge in [0.25, 0.3) is 0 Å². The Morgan fingerprint density at radius 2 is 2.23 bits per heavy atom. The number of hydrogen-bond acceptors (Lipinski definition) is 2. The van der Waals surface area contributed by atoms with E-state index in [1.54, 1.807) is 12.1 Å². The molecule has 0 heterocycles. The Bertz CT molecular complexity index is 409. The van der Waals surface area contributed by atoms with E-state index in [4.69, 9.17) is 16.9 Å². The molecule has 0 atom stereocenters. The fraction of sp³-hybridized carbons (Fsp3) is 0.111. The van der Waals surface area contributed by atoms with Crippen LogP contribution in [0.1, 0.15) is 22.8 Å². The van der Waals surface area contributed by atoms with Crippen molar-refractivity contribution in [3.8, 4) is 6.07 Å². The quantitative estimate of drug-likeness (QED) is 0.726. The Morgan fingerprint density at radius 3 is 2.69 bits per heavy atom. The van der Waals surface area contributed by atoms with Gasteiger partial charge in [0.15, 0.2) is 5.78 Å². The van der Waals surface area contributed by atoms with Gasteiger partial charge < -0.3 is 0 Å². The first kappa shape index (κ1) is 10.2. The molecule has 0 N–H and O–H groups in total. The number of nitriles is 1. The molecule has 0 aromatic heterocycles. The first-order valence-electron chi connectivity index (χ1n) is 3.47. The minimum atomic E-state index is -0.0972. The summed E-state index contributed by atoms with van der Waals surface area (Å²) < 4.78 is 0.468. The third-order valence-corrected chi connectivity index (χ3v) is 2.72. The monoisotopic (exact) mass is 257 g/mol. The van der Waals surface area contributed by atoms with Crippen molar-refractivity contribution in [1.29, 1.82) is 5.26 Å². The van der Waals surface area contributed by atoms with Crippen LogP contribution >= 0.6 is 27.5 Å². The van der Waals surface area contributed by atoms with Crippen LogP contribution in [0.2, 0.25) is 5.02 Å². The second kappa shape index (κ2) is 3.91. The van der Waals surface area contributed by atoms with E-state index < -0.39 is 0 Å². The van der Waals surface area contributed by atoms with Crippen LogP contribution in [-0.4, -0.2) is 5.78 Å². The first-order chi connectivity index (χ1) is 6.07. The Balaban J connectivity index is 3.47. The largest absolute Gasteiger partial charge is 0.294 e. The van der Waals surface area contributed by atoms with Gasteiger partial charge in [-0.05, 0) is 35.0 Å². The highest BCUT2D eigenvalue weighted by atomic mass is 79.9. The molecule has 4 heteroatoms. The average molecular weight is 259 g/mol. The highest BCUT2D eigenvalue weighted by molar-refractivity contribution is 9.10. The number of hydrogen-bond donors (Lipinski definition) is 0. The number of ketones is 1. The van der Waals surface area contributed by atoms with Crippen LogP contribution in [0.25, 0.3) is 0 Å². The summed E-state index contributed by atoms with van der Waals surface area (Å²) in [5, 5.41) is 9.08. The number of Topliss-reactive ketones (excluding diaryl/α,β-unsaturated/α-hetero) is 1. The van der Waals surface area contributed by atoms with Gasteiger partial charge in [-0.25, -0.2) is 0 Å². The lowest BCUT2D eigenvalue weighted by molar-refractivity contribution is 0.101. The average Bonchev–Trinajstić information content (AvgIpc) is 2.04. The van der Waals surface area contributed by atoms with E-state index in [9.17, 15) is 4.79 Å². The minimum Gasteiger partial charge on any atom is -0.294 e. The summed E-state index contributed by atoms with van der Waals surface area (Å²) in [5.74, 6) is -0.0972. The zero-order valence-electron chi connectivity index (χ0n) is 6.77. The molecule has 1 aromatic carbocycles. The predicted octanol–water partition coefficient (Wildman–Crippen LogP) is 3.18. The van der Waals surface area contributed by atoms with E-state index in [-0.39, 0.29) is 5.78 Å². The molecule has 0 spiro atoms. The molecular weight excluding hydrogens is 253 g/mol. The summed E-state index contributed by atoms with van der Waals surface area (Å²) in [7, 11) is 0. The smallest absolute Gasteiger partial charge is 0.160 e. The summed E-state index contributed by atoms with van der Waals surface area (Å²) in [6.45, 7) is 1.44. The number of carbonyl (C=O) groups is 1. The number of halogens is 2.